The van der Waals surface area contributed by atoms with Gasteiger partial charge in [0, 0.05) is 6.20 Å². The van der Waals surface area contributed by atoms with E-state index in [4.69, 9.17) is 25.2 Å². The second-order valence-electron chi connectivity index (χ2n) is 5.03. The minimum atomic E-state index is -5.42. The third kappa shape index (κ3) is 4.71. The van der Waals surface area contributed by atoms with Crippen molar-refractivity contribution < 1.29 is 51.3 Å². The maximum absolute atomic E-state index is 14.2. The molecular formula is C9H13F2N3O10P2. The highest BCUT2D eigenvalue weighted by molar-refractivity contribution is 7.60. The highest BCUT2D eigenvalue weighted by atomic mass is 31.3. The first kappa shape index (κ1) is 21.0. The predicted molar refractivity (Wildman–Crippen MR) is 76.7 cm³/mol. The Hall–Kier alpha value is -1.28. The van der Waals surface area contributed by atoms with E-state index in [1.54, 1.807) is 0 Å². The fourth-order valence-corrected chi connectivity index (χ4v) is 3.64. The van der Waals surface area contributed by atoms with Crippen LogP contribution in [0.25, 0.3) is 0 Å². The van der Waals surface area contributed by atoms with E-state index >= 15 is 0 Å². The summed E-state index contributed by atoms with van der Waals surface area (Å²) < 4.78 is 62.9. The van der Waals surface area contributed by atoms with Crippen molar-refractivity contribution in [3.63, 3.8) is 0 Å². The Morgan fingerprint density at radius 3 is 2.54 bits per heavy atom. The molecule has 2 heterocycles. The number of rotatable bonds is 6. The number of nitrogen functional groups attached to an aromatic ring is 1. The summed E-state index contributed by atoms with van der Waals surface area (Å²) >= 11 is 0. The Bertz CT molecular complexity index is 828. The van der Waals surface area contributed by atoms with Gasteiger partial charge in [-0.1, -0.05) is 0 Å². The van der Waals surface area contributed by atoms with Crippen LogP contribution in [0, 0.1) is 0 Å². The summed E-state index contributed by atoms with van der Waals surface area (Å²) in [6.07, 6.45) is -6.03. The van der Waals surface area contributed by atoms with Crippen LogP contribution in [0.2, 0.25) is 0 Å². The van der Waals surface area contributed by atoms with E-state index in [-0.39, 0.29) is 5.82 Å². The van der Waals surface area contributed by atoms with Crippen molar-refractivity contribution in [1.82, 2.24) is 9.55 Å². The molecule has 1 fully saturated rings. The number of alkyl halides is 2. The molecule has 1 aliphatic rings. The Balaban J connectivity index is 2.17. The lowest BCUT2D eigenvalue weighted by atomic mass is 10.1. The Kier molecular flexibility index (Phi) is 5.69. The largest absolute Gasteiger partial charge is 0.481 e. The first-order valence-electron chi connectivity index (χ1n) is 6.53. The molecule has 0 radical (unpaired) electrons. The molecule has 0 spiro atoms. The van der Waals surface area contributed by atoms with E-state index in [1.165, 1.54) is 0 Å². The maximum Gasteiger partial charge on any atom is 0.481 e. The van der Waals surface area contributed by atoms with Crippen LogP contribution in [0.5, 0.6) is 0 Å². The number of nitrogens with two attached hydrogens (primary N) is 1. The lowest BCUT2D eigenvalue weighted by Crippen LogP contribution is -2.41. The molecule has 1 unspecified atom stereocenters. The number of hydrogen-bond donors (Lipinski definition) is 5. The van der Waals surface area contributed by atoms with Gasteiger partial charge in [-0.15, -0.1) is 0 Å². The molecule has 0 aliphatic carbocycles. The molecule has 17 heteroatoms. The summed E-state index contributed by atoms with van der Waals surface area (Å²) in [6.45, 7) is -1.21. The van der Waals surface area contributed by atoms with Crippen LogP contribution in [0.15, 0.2) is 17.1 Å². The van der Waals surface area contributed by atoms with Gasteiger partial charge < -0.3 is 30.3 Å². The van der Waals surface area contributed by atoms with Gasteiger partial charge in [0.1, 0.15) is 11.9 Å². The second kappa shape index (κ2) is 7.03. The van der Waals surface area contributed by atoms with Crippen LogP contribution >= 0.6 is 15.6 Å². The van der Waals surface area contributed by atoms with Crippen molar-refractivity contribution in [3.05, 3.63) is 22.7 Å². The average molecular weight is 423 g/mol. The van der Waals surface area contributed by atoms with Crippen molar-refractivity contribution in [2.24, 2.45) is 0 Å². The van der Waals surface area contributed by atoms with Gasteiger partial charge in [-0.05, 0) is 6.07 Å². The van der Waals surface area contributed by atoms with E-state index < -0.39 is 52.3 Å². The molecule has 6 N–H and O–H groups in total. The zero-order valence-corrected chi connectivity index (χ0v) is 14.2. The number of anilines is 1. The van der Waals surface area contributed by atoms with Gasteiger partial charge in [0.05, 0.1) is 6.61 Å². The lowest BCUT2D eigenvalue weighted by molar-refractivity contribution is -0.140. The predicted octanol–water partition coefficient (Wildman–Crippen LogP) is -1.05. The first-order chi connectivity index (χ1) is 11.7. The third-order valence-electron chi connectivity index (χ3n) is 3.10. The van der Waals surface area contributed by atoms with Crippen LogP contribution < -0.4 is 11.4 Å². The number of ether oxygens (including phenoxy) is 1. The van der Waals surface area contributed by atoms with E-state index in [0.29, 0.717) is 4.57 Å². The number of phosphoric acid groups is 2. The van der Waals surface area contributed by atoms with Gasteiger partial charge in [0.15, 0.2) is 6.10 Å². The summed E-state index contributed by atoms with van der Waals surface area (Å²) in [5.41, 5.74) is 4.03. The molecule has 26 heavy (non-hydrogen) atoms. The molecule has 0 saturated carbocycles. The molecule has 1 aromatic heterocycles. The number of hydrogen-bond acceptors (Lipinski definition) is 9. The summed E-state index contributed by atoms with van der Waals surface area (Å²) in [4.78, 5) is 40.9. The Morgan fingerprint density at radius 1 is 1.38 bits per heavy atom. The van der Waals surface area contributed by atoms with Gasteiger partial charge in [-0.3, -0.25) is 9.09 Å². The SMILES string of the molecule is Nc1ccn([C@@H]2O[C@H](COP(=O)(O)OP(=O)(O)O)[C@H](O)C2(F)F)c(=O)n1. The van der Waals surface area contributed by atoms with Crippen LogP contribution in [0.1, 0.15) is 6.23 Å². The fourth-order valence-electron chi connectivity index (χ4n) is 2.04. The highest BCUT2D eigenvalue weighted by Gasteiger charge is 2.60. The van der Waals surface area contributed by atoms with Gasteiger partial charge in [0.2, 0.25) is 6.23 Å². The maximum atomic E-state index is 14.2. The van der Waals surface area contributed by atoms with Crippen LogP contribution in [-0.2, 0) is 22.7 Å². The molecule has 0 amide bonds. The van der Waals surface area contributed by atoms with Crippen LogP contribution in [-0.4, -0.2) is 54.1 Å². The fraction of sp³-hybridized carbons (Fsp3) is 0.556. The van der Waals surface area contributed by atoms with Crippen LogP contribution in [0.4, 0.5) is 14.6 Å². The van der Waals surface area contributed by atoms with Crippen molar-refractivity contribution in [1.29, 1.82) is 0 Å². The molecule has 2 rings (SSSR count). The zero-order chi connectivity index (χ0) is 19.9. The molecule has 1 saturated heterocycles. The highest BCUT2D eigenvalue weighted by Crippen LogP contribution is 2.58. The quantitative estimate of drug-likeness (QED) is 0.348. The average Bonchev–Trinajstić information content (AvgIpc) is 2.66. The summed E-state index contributed by atoms with van der Waals surface area (Å²) in [6, 6.07) is 1.02. The summed E-state index contributed by atoms with van der Waals surface area (Å²) in [5.74, 6) is -4.29. The molecule has 0 bridgehead atoms. The summed E-state index contributed by atoms with van der Waals surface area (Å²) in [5, 5.41) is 9.64. The van der Waals surface area contributed by atoms with Crippen molar-refractivity contribution >= 4 is 21.5 Å². The normalized spacial score (nSPS) is 28.0. The topological polar surface area (TPSA) is 204 Å². The lowest BCUT2D eigenvalue weighted by Gasteiger charge is -2.20. The monoisotopic (exact) mass is 423 g/mol. The molecule has 148 valence electrons. The molecule has 0 aromatic carbocycles. The second-order valence-corrected chi connectivity index (χ2v) is 7.85. The number of nitrogens with zero attached hydrogens (tertiary/aromatic N) is 2. The standard InChI is InChI=1S/C9H13F2N3O10P2/c10-9(11)6(15)4(3-22-26(20,21)24-25(17,18)19)23-7(9)14-2-1-5(12)13-8(14)16/h1-2,4,6-7,15H,3H2,(H,20,21)(H2,12,13,16)(H2,17,18,19)/t4-,6+,7-/m1/s1. The van der Waals surface area contributed by atoms with Gasteiger partial charge in [-0.2, -0.15) is 18.1 Å². The Labute approximate surface area is 142 Å². The zero-order valence-electron chi connectivity index (χ0n) is 12.5. The number of aliphatic hydroxyl groups excluding tert-OH is 1. The molecule has 13 nitrogen and oxygen atoms in total. The molecule has 1 aromatic rings. The Morgan fingerprint density at radius 2 is 2.00 bits per heavy atom. The molecule has 4 atom stereocenters. The van der Waals surface area contributed by atoms with Crippen LogP contribution in [0.3, 0.4) is 0 Å². The minimum Gasteiger partial charge on any atom is -0.384 e. The van der Waals surface area contributed by atoms with Crippen molar-refractivity contribution in [3.8, 4) is 0 Å². The molecule has 1 aliphatic heterocycles. The molecular weight excluding hydrogens is 410 g/mol. The number of aromatic nitrogens is 2. The van der Waals surface area contributed by atoms with Gasteiger partial charge >= 0.3 is 27.3 Å². The number of phosphoric ester groups is 1. The van der Waals surface area contributed by atoms with E-state index in [1.807, 2.05) is 0 Å². The number of aliphatic hydroxyl groups is 1. The van der Waals surface area contributed by atoms with Gasteiger partial charge in [0.25, 0.3) is 0 Å². The number of halogens is 2. The first-order valence-corrected chi connectivity index (χ1v) is 9.56. The van der Waals surface area contributed by atoms with Gasteiger partial charge in [-0.25, -0.2) is 13.9 Å². The minimum absolute atomic E-state index is 0.246. The van der Waals surface area contributed by atoms with E-state index in [2.05, 4.69) is 13.8 Å². The smallest absolute Gasteiger partial charge is 0.384 e. The summed E-state index contributed by atoms with van der Waals surface area (Å²) in [7, 11) is -10.8. The van der Waals surface area contributed by atoms with Crippen molar-refractivity contribution in [2.45, 2.75) is 24.4 Å². The van der Waals surface area contributed by atoms with E-state index in [9.17, 15) is 27.8 Å². The van der Waals surface area contributed by atoms with Crippen molar-refractivity contribution in [2.75, 3.05) is 12.3 Å². The van der Waals surface area contributed by atoms with E-state index in [0.717, 1.165) is 12.3 Å². The third-order valence-corrected chi connectivity index (χ3v) is 5.25.